The molecule has 3 unspecified atom stereocenters. The molecule has 606 valence electrons. The van der Waals surface area contributed by atoms with Crippen molar-refractivity contribution in [1.29, 1.82) is 0 Å². The van der Waals surface area contributed by atoms with Crippen molar-refractivity contribution in [2.24, 2.45) is 0 Å². The number of nitrogens with zero attached hydrogens (tertiary/aromatic N) is 3. The van der Waals surface area contributed by atoms with Crippen molar-refractivity contribution in [3.05, 3.63) is 473 Å². The predicted molar refractivity (Wildman–Crippen MR) is 546 cm³/mol. The Labute approximate surface area is 745 Å². The topological polar surface area (TPSA) is 66.0 Å². The van der Waals surface area contributed by atoms with E-state index in [4.69, 9.17) is 0 Å². The minimum absolute atomic E-state index is 0.875. The molecule has 0 radical (unpaired) electrons. The minimum atomic E-state index is -3.26. The molecule has 0 saturated heterocycles. The van der Waals surface area contributed by atoms with Gasteiger partial charge in [0.2, 0.25) is 0 Å². The molecule has 21 aromatic carbocycles. The molecule has 6 heterocycles. The number of rotatable bonds is 9. The van der Waals surface area contributed by atoms with E-state index in [1.54, 1.807) is 0 Å². The summed E-state index contributed by atoms with van der Waals surface area (Å²) in [5.74, 6) is 0. The van der Waals surface area contributed by atoms with E-state index in [9.17, 15) is 0 Å². The smallest absolute Gasteiger partial charge is 0.173 e. The molecule has 0 fully saturated rings. The number of hydrogen-bond donors (Lipinski definition) is 0. The Morgan fingerprint density at radius 1 is 0.171 bits per heavy atom. The number of fused-ring (bicyclic) bond motifs is 26. The molecular formula is C120H78N3O3P3. The maximum absolute atomic E-state index is 16.2. The molecule has 3 atom stereocenters. The molecule has 3 aliphatic rings. The van der Waals surface area contributed by atoms with Crippen LogP contribution in [-0.2, 0) is 13.7 Å². The van der Waals surface area contributed by atoms with Crippen LogP contribution in [0.25, 0.3) is 182 Å². The molecule has 3 aromatic heterocycles. The summed E-state index contributed by atoms with van der Waals surface area (Å²) < 4.78 is 55.2. The first-order chi connectivity index (χ1) is 63.7. The highest BCUT2D eigenvalue weighted by atomic mass is 31.2. The lowest BCUT2D eigenvalue weighted by molar-refractivity contribution is 0.592. The number of para-hydroxylation sites is 4. The fourth-order valence-electron chi connectivity index (χ4n) is 21.4. The second-order valence-electron chi connectivity index (χ2n) is 33.8. The highest BCUT2D eigenvalue weighted by Gasteiger charge is 2.47. The van der Waals surface area contributed by atoms with Crippen molar-refractivity contribution in [3.8, 4) is 83.8 Å². The average Bonchev–Trinajstić information content (AvgIpc) is 1.53. The molecule has 0 aliphatic carbocycles. The molecule has 0 bridgehead atoms. The average molecular weight is 1700 g/mol. The van der Waals surface area contributed by atoms with E-state index in [1.165, 1.54) is 27.8 Å². The van der Waals surface area contributed by atoms with E-state index in [0.29, 0.717) is 0 Å². The third-order valence-corrected chi connectivity index (χ3v) is 36.5. The third-order valence-electron chi connectivity index (χ3n) is 26.9. The quantitative estimate of drug-likeness (QED) is 0.135. The van der Waals surface area contributed by atoms with Gasteiger partial charge in [0, 0.05) is 97.0 Å². The Bertz CT molecular complexity index is 8890. The van der Waals surface area contributed by atoms with Gasteiger partial charge in [-0.05, 0) is 172 Å². The number of aromatic nitrogens is 3. The second kappa shape index (κ2) is 30.1. The summed E-state index contributed by atoms with van der Waals surface area (Å²) in [4.78, 5) is 0. The molecule has 0 spiro atoms. The van der Waals surface area contributed by atoms with Crippen molar-refractivity contribution in [2.75, 3.05) is 0 Å². The highest BCUT2D eigenvalue weighted by molar-refractivity contribution is 7.88. The summed E-state index contributed by atoms with van der Waals surface area (Å²) in [6.45, 7) is 0. The van der Waals surface area contributed by atoms with E-state index in [1.807, 2.05) is 103 Å². The van der Waals surface area contributed by atoms with E-state index in [2.05, 4.69) is 384 Å². The summed E-state index contributed by atoms with van der Waals surface area (Å²) in [7, 11) is -9.70. The third kappa shape index (κ3) is 11.6. The van der Waals surface area contributed by atoms with Gasteiger partial charge in [0.25, 0.3) is 0 Å². The molecule has 0 N–H and O–H groups in total. The minimum Gasteiger partial charge on any atom is -0.309 e. The Morgan fingerprint density at radius 2 is 0.504 bits per heavy atom. The maximum atomic E-state index is 16.2. The Morgan fingerprint density at radius 3 is 1.00 bits per heavy atom. The lowest BCUT2D eigenvalue weighted by Crippen LogP contribution is -2.22. The molecule has 6 nitrogen and oxygen atoms in total. The summed E-state index contributed by atoms with van der Waals surface area (Å²) in [6, 6.07) is 165. The van der Waals surface area contributed by atoms with Crippen LogP contribution in [0.2, 0.25) is 0 Å². The monoisotopic (exact) mass is 1700 g/mol. The summed E-state index contributed by atoms with van der Waals surface area (Å²) in [5, 5.41) is 21.6. The van der Waals surface area contributed by atoms with Gasteiger partial charge >= 0.3 is 0 Å². The largest absolute Gasteiger partial charge is 0.309 e. The molecule has 129 heavy (non-hydrogen) atoms. The zero-order valence-corrected chi connectivity index (χ0v) is 72.6. The van der Waals surface area contributed by atoms with E-state index in [-0.39, 0.29) is 0 Å². The predicted octanol–water partition coefficient (Wildman–Crippen LogP) is 27.7. The van der Waals surface area contributed by atoms with E-state index < -0.39 is 21.4 Å². The maximum Gasteiger partial charge on any atom is 0.173 e. The van der Waals surface area contributed by atoms with Gasteiger partial charge in [0.15, 0.2) is 21.4 Å². The molecule has 9 heteroatoms. The van der Waals surface area contributed by atoms with Gasteiger partial charge in [-0.3, -0.25) is 0 Å². The van der Waals surface area contributed by atoms with Crippen LogP contribution in [0.5, 0.6) is 0 Å². The molecule has 27 rings (SSSR count). The molecule has 3 aliphatic heterocycles. The van der Waals surface area contributed by atoms with Gasteiger partial charge in [-0.15, -0.1) is 0 Å². The van der Waals surface area contributed by atoms with Crippen molar-refractivity contribution >= 4 is 167 Å². The van der Waals surface area contributed by atoms with Crippen LogP contribution in [0.1, 0.15) is 0 Å². The lowest BCUT2D eigenvalue weighted by atomic mass is 9.99. The summed E-state index contributed by atoms with van der Waals surface area (Å²) in [6.07, 6.45) is 0. The molecule has 0 saturated carbocycles. The van der Waals surface area contributed by atoms with Crippen molar-refractivity contribution < 1.29 is 13.7 Å². The first-order valence-corrected chi connectivity index (χ1v) is 49.0. The Hall–Kier alpha value is -15.5. The Balaban J connectivity index is 0.000000105. The fraction of sp³-hybridized carbons (Fsp3) is 0. The van der Waals surface area contributed by atoms with Gasteiger partial charge in [-0.25, -0.2) is 0 Å². The number of hydrogen-bond acceptors (Lipinski definition) is 3. The number of benzene rings is 21. The van der Waals surface area contributed by atoms with Crippen LogP contribution in [0, 0.1) is 0 Å². The first-order valence-electron chi connectivity index (χ1n) is 43.9. The van der Waals surface area contributed by atoms with Crippen LogP contribution < -0.4 is 47.7 Å². The standard InChI is InChI=1S/3C40H26NOP/c42-43(29-16-5-2-6-17-29)39-31-19-8-7-15-28(31)23-24-32(39)33-25-26-37-38(40(33)43)34-20-10-12-22-36(34)41(37)35-21-11-9-18-30(35)27-13-3-1-4-14-27;42-43(32-18-5-2-6-19-32)38-26-30-15-8-7-14-29(30)25-35(38)33-22-23-37-39(40(33)43)34-20-9-10-21-36(34)41(37)31-17-11-16-28(24-31)27-12-3-1-4-13-27;42-43(31-14-5-2-6-15-31)39-32-16-8-7-13-29(32)21-24-33(39)34-25-26-37-38(40(34)43)35-17-9-10-18-36(35)41(37)30-22-19-28(20-23-30)27-11-3-1-4-12-27/h3*1-26H. The SMILES string of the molecule is O=P1(c2ccccc2)c2c(ccc3ccccc23)-c2ccc3c(c21)c1ccccc1n3-c1ccc(-c2ccccc2)cc1.O=P1(c2ccccc2)c2c(ccc3ccccc23)-c2ccc3c(c21)c1ccccc1n3-c1ccccc1-c1ccccc1.O=P1(c2ccccc2)c2cc3ccccc3cc2-c2ccc3c(c21)c1ccccc1n3-c1cccc(-c2ccccc2)c1. The van der Waals surface area contributed by atoms with Crippen LogP contribution in [0.4, 0.5) is 0 Å². The van der Waals surface area contributed by atoms with Gasteiger partial charge in [0.1, 0.15) is 0 Å². The van der Waals surface area contributed by atoms with Crippen molar-refractivity contribution in [1.82, 2.24) is 13.7 Å². The van der Waals surface area contributed by atoms with Crippen molar-refractivity contribution in [2.45, 2.75) is 0 Å². The van der Waals surface area contributed by atoms with E-state index in [0.717, 1.165) is 201 Å². The van der Waals surface area contributed by atoms with E-state index >= 15 is 13.7 Å². The fourth-order valence-corrected chi connectivity index (χ4v) is 31.7. The molecular weight excluding hydrogens is 1620 g/mol. The Kier molecular flexibility index (Phi) is 17.7. The molecule has 24 aromatic rings. The van der Waals surface area contributed by atoms with Gasteiger partial charge < -0.3 is 27.4 Å². The van der Waals surface area contributed by atoms with Gasteiger partial charge in [-0.2, -0.15) is 0 Å². The lowest BCUT2D eigenvalue weighted by Gasteiger charge is -2.19. The summed E-state index contributed by atoms with van der Waals surface area (Å²) >= 11 is 0. The molecule has 0 amide bonds. The van der Waals surface area contributed by atoms with Crippen LogP contribution >= 0.6 is 21.4 Å². The van der Waals surface area contributed by atoms with Crippen LogP contribution in [0.15, 0.2) is 473 Å². The van der Waals surface area contributed by atoms with Crippen LogP contribution in [-0.4, -0.2) is 13.7 Å². The zero-order valence-electron chi connectivity index (χ0n) is 69.9. The van der Waals surface area contributed by atoms with Crippen molar-refractivity contribution in [3.63, 3.8) is 0 Å². The van der Waals surface area contributed by atoms with Crippen LogP contribution in [0.3, 0.4) is 0 Å². The second-order valence-corrected chi connectivity index (χ2v) is 41.7. The van der Waals surface area contributed by atoms with Gasteiger partial charge in [0.05, 0.1) is 38.8 Å². The normalized spacial score (nSPS) is 15.6. The highest BCUT2D eigenvalue weighted by Crippen LogP contribution is 2.60. The van der Waals surface area contributed by atoms with Gasteiger partial charge in [-0.1, -0.05) is 394 Å². The summed E-state index contributed by atoms with van der Waals surface area (Å²) in [5.41, 5.74) is 23.3. The first kappa shape index (κ1) is 76.0. The zero-order chi connectivity index (χ0) is 85.6.